The van der Waals surface area contributed by atoms with Crippen molar-refractivity contribution in [1.29, 1.82) is 0 Å². The summed E-state index contributed by atoms with van der Waals surface area (Å²) in [4.78, 5) is 13.4. The number of amides is 1. The van der Waals surface area contributed by atoms with Crippen LogP contribution in [0.5, 0.6) is 0 Å². The van der Waals surface area contributed by atoms with Crippen LogP contribution in [0.3, 0.4) is 0 Å². The Labute approximate surface area is 116 Å². The van der Waals surface area contributed by atoms with Crippen LogP contribution >= 0.6 is 0 Å². The van der Waals surface area contributed by atoms with Crippen molar-refractivity contribution in [3.63, 3.8) is 0 Å². The smallest absolute Gasteiger partial charge is 0.239 e. The molecule has 0 aromatic heterocycles. The van der Waals surface area contributed by atoms with E-state index >= 15 is 0 Å². The van der Waals surface area contributed by atoms with Crippen molar-refractivity contribution in [3.8, 4) is 0 Å². The zero-order valence-corrected chi connectivity index (χ0v) is 12.4. The Morgan fingerprint density at radius 3 is 2.68 bits per heavy atom. The van der Waals surface area contributed by atoms with Crippen molar-refractivity contribution in [2.24, 2.45) is 0 Å². The highest BCUT2D eigenvalue weighted by atomic mass is 16.1. The van der Waals surface area contributed by atoms with E-state index in [9.17, 15) is 4.79 Å². The van der Waals surface area contributed by atoms with E-state index in [1.807, 2.05) is 11.9 Å². The van der Waals surface area contributed by atoms with Crippen LogP contribution in [0.25, 0.3) is 0 Å². The molecular weight excluding hydrogens is 238 g/mol. The fraction of sp³-hybridized carbons (Fsp3) is 0.533. The highest BCUT2D eigenvalue weighted by Gasteiger charge is 2.08. The van der Waals surface area contributed by atoms with E-state index in [-0.39, 0.29) is 5.91 Å². The molecule has 0 saturated heterocycles. The van der Waals surface area contributed by atoms with Crippen molar-refractivity contribution < 1.29 is 4.79 Å². The molecule has 1 aromatic rings. The minimum absolute atomic E-state index is 0.0237. The summed E-state index contributed by atoms with van der Waals surface area (Å²) in [7, 11) is 3.60. The van der Waals surface area contributed by atoms with E-state index in [2.05, 4.69) is 42.7 Å². The van der Waals surface area contributed by atoms with Gasteiger partial charge in [-0.15, -0.1) is 0 Å². The first-order chi connectivity index (χ1) is 9.08. The molecule has 1 aromatic carbocycles. The topological polar surface area (TPSA) is 44.4 Å². The molecule has 0 radical (unpaired) electrons. The van der Waals surface area contributed by atoms with Crippen LogP contribution in [0.1, 0.15) is 24.5 Å². The van der Waals surface area contributed by atoms with Crippen LogP contribution in [0, 0.1) is 6.92 Å². The van der Waals surface area contributed by atoms with Crippen molar-refractivity contribution in [3.05, 3.63) is 29.3 Å². The Kier molecular flexibility index (Phi) is 6.36. The third kappa shape index (κ3) is 4.91. The zero-order valence-electron chi connectivity index (χ0n) is 12.4. The minimum Gasteiger partial charge on any atom is -0.365 e. The number of hydrogen-bond acceptors (Lipinski definition) is 3. The van der Waals surface area contributed by atoms with Gasteiger partial charge in [0.1, 0.15) is 0 Å². The Morgan fingerprint density at radius 2 is 2.11 bits per heavy atom. The van der Waals surface area contributed by atoms with Crippen LogP contribution in [-0.4, -0.2) is 33.1 Å². The summed E-state index contributed by atoms with van der Waals surface area (Å²) in [6.07, 6.45) is 1.14. The second-order valence-corrected chi connectivity index (χ2v) is 4.83. The molecule has 0 fully saturated rings. The molecule has 0 atom stereocenters. The third-order valence-electron chi connectivity index (χ3n) is 3.09. The van der Waals surface area contributed by atoms with Crippen molar-refractivity contribution in [2.45, 2.75) is 26.8 Å². The van der Waals surface area contributed by atoms with Gasteiger partial charge in [0.2, 0.25) is 5.91 Å². The molecule has 1 amide bonds. The third-order valence-corrected chi connectivity index (χ3v) is 3.09. The number of anilines is 1. The Hall–Kier alpha value is -1.55. The summed E-state index contributed by atoms with van der Waals surface area (Å²) in [6.45, 7) is 6.56. The van der Waals surface area contributed by atoms with Gasteiger partial charge >= 0.3 is 0 Å². The standard InChI is InChI=1S/C15H25N3O/c1-5-8-17-10-13-6-7-14(12(2)9-13)18(4)11-15(19)16-3/h6-7,9,17H,5,8,10-11H2,1-4H3,(H,16,19). The molecule has 19 heavy (non-hydrogen) atoms. The Bertz CT molecular complexity index is 418. The summed E-state index contributed by atoms with van der Waals surface area (Å²) in [5, 5.41) is 6.03. The molecule has 0 aliphatic heterocycles. The molecule has 0 aliphatic rings. The quantitative estimate of drug-likeness (QED) is 0.736. The number of carbonyl (C=O) groups is 1. The van der Waals surface area contributed by atoms with E-state index in [1.165, 1.54) is 11.1 Å². The molecule has 0 spiro atoms. The van der Waals surface area contributed by atoms with Gasteiger partial charge < -0.3 is 15.5 Å². The lowest BCUT2D eigenvalue weighted by Crippen LogP contribution is -2.33. The van der Waals surface area contributed by atoms with E-state index in [1.54, 1.807) is 7.05 Å². The van der Waals surface area contributed by atoms with Gasteiger partial charge in [-0.25, -0.2) is 0 Å². The predicted molar refractivity (Wildman–Crippen MR) is 80.5 cm³/mol. The van der Waals surface area contributed by atoms with Crippen molar-refractivity contribution in [2.75, 3.05) is 32.1 Å². The van der Waals surface area contributed by atoms with Crippen LogP contribution < -0.4 is 15.5 Å². The molecule has 0 heterocycles. The van der Waals surface area contributed by atoms with E-state index in [4.69, 9.17) is 0 Å². The summed E-state index contributed by atoms with van der Waals surface area (Å²) < 4.78 is 0. The normalized spacial score (nSPS) is 10.3. The number of hydrogen-bond donors (Lipinski definition) is 2. The number of nitrogens with one attached hydrogen (secondary N) is 2. The fourth-order valence-corrected chi connectivity index (χ4v) is 2.04. The summed E-state index contributed by atoms with van der Waals surface area (Å²) in [6, 6.07) is 6.38. The predicted octanol–water partition coefficient (Wildman–Crippen LogP) is 1.68. The largest absolute Gasteiger partial charge is 0.365 e. The summed E-state index contributed by atoms with van der Waals surface area (Å²) in [5.41, 5.74) is 3.58. The first-order valence-electron chi connectivity index (χ1n) is 6.80. The number of aryl methyl sites for hydroxylation is 1. The molecule has 4 heteroatoms. The van der Waals surface area contributed by atoms with Gasteiger partial charge in [0.15, 0.2) is 0 Å². The van der Waals surface area contributed by atoms with Gasteiger partial charge in [0, 0.05) is 26.3 Å². The lowest BCUT2D eigenvalue weighted by atomic mass is 10.1. The summed E-state index contributed by atoms with van der Waals surface area (Å²) in [5.74, 6) is 0.0237. The minimum atomic E-state index is 0.0237. The number of rotatable bonds is 7. The Morgan fingerprint density at radius 1 is 1.37 bits per heavy atom. The first-order valence-corrected chi connectivity index (χ1v) is 6.80. The number of nitrogens with zero attached hydrogens (tertiary/aromatic N) is 1. The molecule has 1 rings (SSSR count). The molecule has 0 saturated carbocycles. The monoisotopic (exact) mass is 263 g/mol. The number of likely N-dealkylation sites (N-methyl/N-ethyl adjacent to an activating group) is 2. The van der Waals surface area contributed by atoms with E-state index < -0.39 is 0 Å². The molecule has 4 nitrogen and oxygen atoms in total. The first kappa shape index (κ1) is 15.5. The van der Waals surface area contributed by atoms with Crippen LogP contribution in [0.4, 0.5) is 5.69 Å². The maximum atomic E-state index is 11.4. The van der Waals surface area contributed by atoms with Gasteiger partial charge in [0.05, 0.1) is 6.54 Å². The van der Waals surface area contributed by atoms with Crippen LogP contribution in [0.15, 0.2) is 18.2 Å². The Balaban J connectivity index is 2.68. The van der Waals surface area contributed by atoms with Crippen LogP contribution in [-0.2, 0) is 11.3 Å². The average molecular weight is 263 g/mol. The van der Waals surface area contributed by atoms with Gasteiger partial charge in [-0.2, -0.15) is 0 Å². The molecule has 0 aliphatic carbocycles. The lowest BCUT2D eigenvalue weighted by Gasteiger charge is -2.21. The van der Waals surface area contributed by atoms with Crippen molar-refractivity contribution in [1.82, 2.24) is 10.6 Å². The van der Waals surface area contributed by atoms with Gasteiger partial charge in [-0.3, -0.25) is 4.79 Å². The highest BCUT2D eigenvalue weighted by Crippen LogP contribution is 2.20. The molecule has 106 valence electrons. The second kappa shape index (κ2) is 7.79. The number of carbonyl (C=O) groups excluding carboxylic acids is 1. The molecule has 0 bridgehead atoms. The maximum Gasteiger partial charge on any atom is 0.239 e. The SMILES string of the molecule is CCCNCc1ccc(N(C)CC(=O)NC)c(C)c1. The van der Waals surface area contributed by atoms with E-state index in [0.717, 1.165) is 25.2 Å². The van der Waals surface area contributed by atoms with Gasteiger partial charge in [-0.05, 0) is 37.1 Å². The van der Waals surface area contributed by atoms with Crippen LogP contribution in [0.2, 0.25) is 0 Å². The van der Waals surface area contributed by atoms with Gasteiger partial charge in [0.25, 0.3) is 0 Å². The fourth-order valence-electron chi connectivity index (χ4n) is 2.04. The summed E-state index contributed by atoms with van der Waals surface area (Å²) >= 11 is 0. The lowest BCUT2D eigenvalue weighted by molar-refractivity contribution is -0.119. The second-order valence-electron chi connectivity index (χ2n) is 4.83. The van der Waals surface area contributed by atoms with Gasteiger partial charge in [-0.1, -0.05) is 19.1 Å². The zero-order chi connectivity index (χ0) is 14.3. The molecular formula is C15H25N3O. The molecule has 2 N–H and O–H groups in total. The average Bonchev–Trinajstić information content (AvgIpc) is 2.38. The van der Waals surface area contributed by atoms with E-state index in [0.29, 0.717) is 6.54 Å². The highest BCUT2D eigenvalue weighted by molar-refractivity contribution is 5.81. The number of benzene rings is 1. The maximum absolute atomic E-state index is 11.4. The van der Waals surface area contributed by atoms with Crippen molar-refractivity contribution >= 4 is 11.6 Å². The molecule has 0 unspecified atom stereocenters.